The molecule has 1 aromatic heterocycles. The van der Waals surface area contributed by atoms with E-state index in [1.165, 1.54) is 16.0 Å². The summed E-state index contributed by atoms with van der Waals surface area (Å²) < 4.78 is 1.01. The van der Waals surface area contributed by atoms with Crippen LogP contribution in [0, 0.1) is 3.82 Å². The fourth-order valence-electron chi connectivity index (χ4n) is 2.50. The molecule has 0 saturated carbocycles. The van der Waals surface area contributed by atoms with E-state index < -0.39 is 0 Å². The largest absolute Gasteiger partial charge is 0.508 e. The molecule has 120 valence electrons. The fourth-order valence-corrected chi connectivity index (χ4v) is 5.50. The summed E-state index contributed by atoms with van der Waals surface area (Å²) >= 11 is 5.48. The number of phenolic OH excluding ortho intramolecular Hbond substituents is 1. The highest BCUT2D eigenvalue weighted by Crippen LogP contribution is 2.37. The van der Waals surface area contributed by atoms with Crippen LogP contribution in [0.25, 0.3) is 10.4 Å². The molecule has 0 bridgehead atoms. The number of phenols is 1. The second kappa shape index (κ2) is 8.20. The summed E-state index contributed by atoms with van der Waals surface area (Å²) in [6.07, 6.45) is 2.13. The SMILES string of the molecule is CCCc1c(-c2ccc(O)c(CN(CC)CC)c2)ssc1=S. The van der Waals surface area contributed by atoms with Crippen LogP contribution in [0.2, 0.25) is 0 Å². The van der Waals surface area contributed by atoms with Crippen molar-refractivity contribution < 1.29 is 5.11 Å². The molecule has 1 aromatic carbocycles. The molecule has 0 aliphatic heterocycles. The van der Waals surface area contributed by atoms with Crippen LogP contribution >= 0.6 is 32.9 Å². The Kier molecular flexibility index (Phi) is 6.56. The fraction of sp³-hybridized carbons (Fsp3) is 0.471. The van der Waals surface area contributed by atoms with Crippen LogP contribution < -0.4 is 0 Å². The lowest BCUT2D eigenvalue weighted by Gasteiger charge is -2.19. The highest BCUT2D eigenvalue weighted by atomic mass is 32.9. The Morgan fingerprint density at radius 1 is 1.14 bits per heavy atom. The lowest BCUT2D eigenvalue weighted by Crippen LogP contribution is -2.22. The molecule has 0 aliphatic carbocycles. The number of rotatable bonds is 7. The molecule has 0 atom stereocenters. The summed E-state index contributed by atoms with van der Waals surface area (Å²) in [6, 6.07) is 5.95. The normalized spacial score (nSPS) is 11.3. The Hall–Kier alpha value is -0.750. The minimum atomic E-state index is 0.381. The van der Waals surface area contributed by atoms with Gasteiger partial charge in [0.05, 0.1) is 4.88 Å². The van der Waals surface area contributed by atoms with Crippen LogP contribution in [-0.2, 0) is 13.0 Å². The van der Waals surface area contributed by atoms with Crippen LogP contribution in [0.5, 0.6) is 5.75 Å². The van der Waals surface area contributed by atoms with E-state index in [0.29, 0.717) is 5.75 Å². The van der Waals surface area contributed by atoms with Crippen molar-refractivity contribution >= 4 is 32.9 Å². The first-order valence-electron chi connectivity index (χ1n) is 7.77. The molecule has 0 fully saturated rings. The van der Waals surface area contributed by atoms with E-state index in [2.05, 4.69) is 31.7 Å². The maximum absolute atomic E-state index is 10.2. The van der Waals surface area contributed by atoms with Crippen molar-refractivity contribution in [1.29, 1.82) is 0 Å². The topological polar surface area (TPSA) is 23.5 Å². The standard InChI is InChI=1S/C17H23NOS3/c1-4-7-14-16(21-22-17(14)20)12-8-9-15(19)13(10-12)11-18(5-2)6-3/h8-10,19H,4-7,11H2,1-3H3. The van der Waals surface area contributed by atoms with Crippen molar-refractivity contribution in [1.82, 2.24) is 4.90 Å². The van der Waals surface area contributed by atoms with Gasteiger partial charge in [-0.2, -0.15) is 0 Å². The van der Waals surface area contributed by atoms with Crippen LogP contribution in [0.15, 0.2) is 18.2 Å². The van der Waals surface area contributed by atoms with E-state index in [4.69, 9.17) is 12.2 Å². The molecular formula is C17H23NOS3. The number of aromatic hydroxyl groups is 1. The third-order valence-electron chi connectivity index (χ3n) is 3.85. The minimum absolute atomic E-state index is 0.381. The smallest absolute Gasteiger partial charge is 0.120 e. The summed E-state index contributed by atoms with van der Waals surface area (Å²) in [5.41, 5.74) is 3.47. The van der Waals surface area contributed by atoms with E-state index in [1.54, 1.807) is 20.7 Å². The molecule has 0 radical (unpaired) electrons. The number of hydrogen-bond acceptors (Lipinski definition) is 5. The third kappa shape index (κ3) is 3.96. The average Bonchev–Trinajstić information content (AvgIpc) is 2.88. The summed E-state index contributed by atoms with van der Waals surface area (Å²) in [5.74, 6) is 0.381. The van der Waals surface area contributed by atoms with Crippen molar-refractivity contribution in [2.75, 3.05) is 13.1 Å². The minimum Gasteiger partial charge on any atom is -0.508 e. The molecule has 0 spiro atoms. The van der Waals surface area contributed by atoms with Gasteiger partial charge in [-0.15, -0.1) is 0 Å². The van der Waals surface area contributed by atoms with Crippen molar-refractivity contribution in [3.05, 3.63) is 33.1 Å². The molecule has 0 saturated heterocycles. The van der Waals surface area contributed by atoms with Gasteiger partial charge in [0.15, 0.2) is 0 Å². The number of hydrogen-bond donors (Lipinski definition) is 1. The van der Waals surface area contributed by atoms with Crippen molar-refractivity contribution in [2.45, 2.75) is 40.2 Å². The van der Waals surface area contributed by atoms with Crippen LogP contribution in [0.3, 0.4) is 0 Å². The van der Waals surface area contributed by atoms with E-state index in [9.17, 15) is 5.11 Å². The second-order valence-electron chi connectivity index (χ2n) is 5.32. The molecule has 0 unspecified atom stereocenters. The molecule has 2 aromatic rings. The second-order valence-corrected chi connectivity index (χ2v) is 8.13. The summed E-state index contributed by atoms with van der Waals surface area (Å²) in [7, 11) is 3.44. The van der Waals surface area contributed by atoms with Crippen molar-refractivity contribution in [3.8, 4) is 16.2 Å². The zero-order chi connectivity index (χ0) is 16.1. The average molecular weight is 354 g/mol. The van der Waals surface area contributed by atoms with Gasteiger partial charge < -0.3 is 5.11 Å². The zero-order valence-electron chi connectivity index (χ0n) is 13.4. The van der Waals surface area contributed by atoms with Gasteiger partial charge in [-0.05, 0) is 48.8 Å². The van der Waals surface area contributed by atoms with E-state index in [0.717, 1.165) is 41.9 Å². The van der Waals surface area contributed by atoms with Gasteiger partial charge in [0.1, 0.15) is 9.57 Å². The summed E-state index contributed by atoms with van der Waals surface area (Å²) in [5, 5.41) is 10.2. The lowest BCUT2D eigenvalue weighted by molar-refractivity contribution is 0.291. The van der Waals surface area contributed by atoms with Gasteiger partial charge in [-0.1, -0.05) is 60.1 Å². The molecule has 1 N–H and O–H groups in total. The maximum atomic E-state index is 10.2. The first kappa shape index (κ1) is 17.6. The molecule has 0 aliphatic rings. The highest BCUT2D eigenvalue weighted by Gasteiger charge is 2.13. The predicted octanol–water partition coefficient (Wildman–Crippen LogP) is 5.71. The van der Waals surface area contributed by atoms with E-state index in [-0.39, 0.29) is 0 Å². The molecule has 2 rings (SSSR count). The van der Waals surface area contributed by atoms with Gasteiger partial charge in [-0.25, -0.2) is 0 Å². The first-order chi connectivity index (χ1) is 10.6. The van der Waals surface area contributed by atoms with E-state index in [1.807, 2.05) is 12.1 Å². The van der Waals surface area contributed by atoms with Gasteiger partial charge in [0.2, 0.25) is 0 Å². The zero-order valence-corrected chi connectivity index (χ0v) is 15.8. The monoisotopic (exact) mass is 353 g/mol. The number of benzene rings is 1. The Morgan fingerprint density at radius 3 is 2.50 bits per heavy atom. The van der Waals surface area contributed by atoms with Crippen LogP contribution in [0.4, 0.5) is 0 Å². The summed E-state index contributed by atoms with van der Waals surface area (Å²) in [6.45, 7) is 9.23. The van der Waals surface area contributed by atoms with Gasteiger partial charge in [0.25, 0.3) is 0 Å². The Balaban J connectivity index is 2.39. The molecule has 5 heteroatoms. The predicted molar refractivity (Wildman–Crippen MR) is 101 cm³/mol. The van der Waals surface area contributed by atoms with Gasteiger partial charge in [-0.3, -0.25) is 4.90 Å². The summed E-state index contributed by atoms with van der Waals surface area (Å²) in [4.78, 5) is 3.58. The Morgan fingerprint density at radius 2 is 1.86 bits per heavy atom. The van der Waals surface area contributed by atoms with Crippen LogP contribution in [-0.4, -0.2) is 23.1 Å². The lowest BCUT2D eigenvalue weighted by atomic mass is 10.0. The number of nitrogens with zero attached hydrogens (tertiary/aromatic N) is 1. The van der Waals surface area contributed by atoms with Crippen LogP contribution in [0.1, 0.15) is 38.3 Å². The van der Waals surface area contributed by atoms with Crippen molar-refractivity contribution in [2.24, 2.45) is 0 Å². The molecular weight excluding hydrogens is 330 g/mol. The third-order valence-corrected chi connectivity index (χ3v) is 7.04. The van der Waals surface area contributed by atoms with Gasteiger partial charge >= 0.3 is 0 Å². The molecule has 1 heterocycles. The Bertz CT molecular complexity index is 671. The molecule has 0 amide bonds. The quantitative estimate of drug-likeness (QED) is 0.510. The molecule has 2 nitrogen and oxygen atoms in total. The van der Waals surface area contributed by atoms with Gasteiger partial charge in [0, 0.05) is 12.1 Å². The Labute approximate surface area is 145 Å². The first-order valence-corrected chi connectivity index (χ1v) is 10.3. The molecule has 22 heavy (non-hydrogen) atoms. The van der Waals surface area contributed by atoms with E-state index >= 15 is 0 Å². The highest BCUT2D eigenvalue weighted by molar-refractivity contribution is 7.80. The van der Waals surface area contributed by atoms with Crippen molar-refractivity contribution in [3.63, 3.8) is 0 Å². The maximum Gasteiger partial charge on any atom is 0.120 e.